The molecule has 4 nitrogen and oxygen atoms in total. The van der Waals surface area contributed by atoms with Crippen LogP contribution >= 0.6 is 0 Å². The maximum absolute atomic E-state index is 12.3. The van der Waals surface area contributed by atoms with Gasteiger partial charge in [-0.3, -0.25) is 4.79 Å². The average molecular weight is 259 g/mol. The van der Waals surface area contributed by atoms with Crippen molar-refractivity contribution in [3.05, 3.63) is 46.2 Å². The van der Waals surface area contributed by atoms with Gasteiger partial charge in [0.05, 0.1) is 12.1 Å². The lowest BCUT2D eigenvalue weighted by molar-refractivity contribution is 0.0524. The first-order valence-corrected chi connectivity index (χ1v) is 6.48. The summed E-state index contributed by atoms with van der Waals surface area (Å²) in [5.41, 5.74) is 0.692. The van der Waals surface area contributed by atoms with Crippen LogP contribution < -0.4 is 5.43 Å². The van der Waals surface area contributed by atoms with Crippen LogP contribution in [-0.4, -0.2) is 17.1 Å². The third kappa shape index (κ3) is 2.52. The molecule has 0 aliphatic rings. The summed E-state index contributed by atoms with van der Waals surface area (Å²) in [6.07, 6.45) is 2.53. The van der Waals surface area contributed by atoms with Crippen molar-refractivity contribution in [1.82, 2.24) is 4.57 Å². The molecule has 0 aliphatic carbocycles. The minimum atomic E-state index is -0.553. The van der Waals surface area contributed by atoms with Gasteiger partial charge in [-0.05, 0) is 25.5 Å². The molecule has 1 heterocycles. The second-order valence-electron chi connectivity index (χ2n) is 4.30. The molecule has 100 valence electrons. The Morgan fingerprint density at radius 3 is 2.68 bits per heavy atom. The topological polar surface area (TPSA) is 48.3 Å². The highest BCUT2D eigenvalue weighted by molar-refractivity contribution is 5.93. The van der Waals surface area contributed by atoms with E-state index in [0.29, 0.717) is 5.39 Å². The Kier molecular flexibility index (Phi) is 4.00. The summed E-state index contributed by atoms with van der Waals surface area (Å²) in [5.74, 6) is -0.553. The summed E-state index contributed by atoms with van der Waals surface area (Å²) in [6.45, 7) is 4.80. The molecule has 4 heteroatoms. The third-order valence-corrected chi connectivity index (χ3v) is 2.95. The van der Waals surface area contributed by atoms with E-state index < -0.39 is 5.97 Å². The molecule has 0 fully saturated rings. The standard InChI is InChI=1S/C15H17NO3/c1-3-9-16-10-12(15(18)19-4-2)14(17)11-7-5-6-8-13(11)16/h5-8,10H,3-4,9H2,1-2H3. The number of carbonyl (C=O) groups excluding carboxylic acids is 1. The molecule has 1 aromatic carbocycles. The molecule has 0 amide bonds. The van der Waals surface area contributed by atoms with Gasteiger partial charge in [-0.15, -0.1) is 0 Å². The Bertz CT molecular complexity index is 658. The number of esters is 1. The molecule has 0 aliphatic heterocycles. The van der Waals surface area contributed by atoms with E-state index in [-0.39, 0.29) is 17.6 Å². The number of hydrogen-bond donors (Lipinski definition) is 0. The first-order valence-electron chi connectivity index (χ1n) is 6.48. The van der Waals surface area contributed by atoms with Gasteiger partial charge in [-0.1, -0.05) is 19.1 Å². The van der Waals surface area contributed by atoms with Crippen LogP contribution in [0.25, 0.3) is 10.9 Å². The smallest absolute Gasteiger partial charge is 0.343 e. The number of aromatic nitrogens is 1. The maximum Gasteiger partial charge on any atom is 0.343 e. The molecule has 0 saturated carbocycles. The summed E-state index contributed by atoms with van der Waals surface area (Å²) in [4.78, 5) is 24.1. The molecule has 0 N–H and O–H groups in total. The van der Waals surface area contributed by atoms with Gasteiger partial charge in [0.15, 0.2) is 0 Å². The van der Waals surface area contributed by atoms with Crippen molar-refractivity contribution in [2.24, 2.45) is 0 Å². The van der Waals surface area contributed by atoms with Crippen molar-refractivity contribution >= 4 is 16.9 Å². The fourth-order valence-corrected chi connectivity index (χ4v) is 2.13. The number of para-hydroxylation sites is 1. The number of nitrogens with zero attached hydrogens (tertiary/aromatic N) is 1. The normalized spacial score (nSPS) is 10.6. The zero-order valence-electron chi connectivity index (χ0n) is 11.2. The van der Waals surface area contributed by atoms with Crippen molar-refractivity contribution in [2.75, 3.05) is 6.61 Å². The number of pyridine rings is 1. The Hall–Kier alpha value is -2.10. The van der Waals surface area contributed by atoms with Gasteiger partial charge in [-0.25, -0.2) is 4.79 Å². The molecule has 2 rings (SSSR count). The molecule has 0 spiro atoms. The van der Waals surface area contributed by atoms with Crippen LogP contribution in [0.2, 0.25) is 0 Å². The number of rotatable bonds is 4. The average Bonchev–Trinajstić information content (AvgIpc) is 2.42. The SMILES string of the molecule is CCCn1cc(C(=O)OCC)c(=O)c2ccccc21. The highest BCUT2D eigenvalue weighted by Gasteiger charge is 2.15. The van der Waals surface area contributed by atoms with E-state index in [1.807, 2.05) is 16.7 Å². The maximum atomic E-state index is 12.3. The number of fused-ring (bicyclic) bond motifs is 1. The van der Waals surface area contributed by atoms with Crippen LogP contribution in [0.5, 0.6) is 0 Å². The first-order chi connectivity index (χ1) is 9.19. The quantitative estimate of drug-likeness (QED) is 0.793. The minimum Gasteiger partial charge on any atom is -0.462 e. The van der Waals surface area contributed by atoms with Gasteiger partial charge < -0.3 is 9.30 Å². The van der Waals surface area contributed by atoms with Crippen LogP contribution in [0.15, 0.2) is 35.3 Å². The van der Waals surface area contributed by atoms with Crippen molar-refractivity contribution in [2.45, 2.75) is 26.8 Å². The highest BCUT2D eigenvalue weighted by Crippen LogP contribution is 2.12. The molecule has 1 aromatic heterocycles. The zero-order valence-corrected chi connectivity index (χ0v) is 11.2. The van der Waals surface area contributed by atoms with E-state index >= 15 is 0 Å². The van der Waals surface area contributed by atoms with Gasteiger partial charge in [-0.2, -0.15) is 0 Å². The monoisotopic (exact) mass is 259 g/mol. The number of benzene rings is 1. The number of aryl methyl sites for hydroxylation is 1. The lowest BCUT2D eigenvalue weighted by Gasteiger charge is -2.11. The molecule has 0 radical (unpaired) electrons. The molecule has 2 aromatic rings. The van der Waals surface area contributed by atoms with Crippen molar-refractivity contribution in [1.29, 1.82) is 0 Å². The van der Waals surface area contributed by atoms with Crippen molar-refractivity contribution < 1.29 is 9.53 Å². The van der Waals surface area contributed by atoms with Crippen LogP contribution in [0.3, 0.4) is 0 Å². The van der Waals surface area contributed by atoms with Crippen LogP contribution in [0.1, 0.15) is 30.6 Å². The van der Waals surface area contributed by atoms with Crippen LogP contribution in [0, 0.1) is 0 Å². The van der Waals surface area contributed by atoms with Gasteiger partial charge >= 0.3 is 5.97 Å². The fourth-order valence-electron chi connectivity index (χ4n) is 2.13. The van der Waals surface area contributed by atoms with Gasteiger partial charge in [0.2, 0.25) is 5.43 Å². The van der Waals surface area contributed by atoms with Gasteiger partial charge in [0, 0.05) is 18.1 Å². The lowest BCUT2D eigenvalue weighted by Crippen LogP contribution is -2.20. The Morgan fingerprint density at radius 1 is 1.26 bits per heavy atom. The highest BCUT2D eigenvalue weighted by atomic mass is 16.5. The predicted octanol–water partition coefficient (Wildman–Crippen LogP) is 2.59. The predicted molar refractivity (Wildman–Crippen MR) is 74.5 cm³/mol. The molecule has 0 saturated heterocycles. The summed E-state index contributed by atoms with van der Waals surface area (Å²) in [6, 6.07) is 7.32. The summed E-state index contributed by atoms with van der Waals surface area (Å²) >= 11 is 0. The molecular weight excluding hydrogens is 242 g/mol. The molecular formula is C15H17NO3. The number of hydrogen-bond acceptors (Lipinski definition) is 3. The molecule has 0 unspecified atom stereocenters. The van der Waals surface area contributed by atoms with E-state index in [2.05, 4.69) is 6.92 Å². The minimum absolute atomic E-state index is 0.106. The molecule has 19 heavy (non-hydrogen) atoms. The third-order valence-electron chi connectivity index (χ3n) is 2.95. The Labute approximate surface area is 111 Å². The van der Waals surface area contributed by atoms with E-state index in [0.717, 1.165) is 18.5 Å². The molecule has 0 atom stereocenters. The number of ether oxygens (including phenoxy) is 1. The van der Waals surface area contributed by atoms with E-state index in [9.17, 15) is 9.59 Å². The first kappa shape index (κ1) is 13.3. The van der Waals surface area contributed by atoms with E-state index in [1.165, 1.54) is 0 Å². The second-order valence-corrected chi connectivity index (χ2v) is 4.30. The van der Waals surface area contributed by atoms with E-state index in [1.54, 1.807) is 25.3 Å². The lowest BCUT2D eigenvalue weighted by atomic mass is 10.1. The van der Waals surface area contributed by atoms with Crippen molar-refractivity contribution in [3.63, 3.8) is 0 Å². The summed E-state index contributed by atoms with van der Waals surface area (Å²) in [7, 11) is 0. The summed E-state index contributed by atoms with van der Waals surface area (Å²) < 4.78 is 6.87. The second kappa shape index (κ2) is 5.69. The Morgan fingerprint density at radius 2 is 2.00 bits per heavy atom. The number of carbonyl (C=O) groups is 1. The Balaban J connectivity index is 2.69. The van der Waals surface area contributed by atoms with Crippen molar-refractivity contribution in [3.8, 4) is 0 Å². The van der Waals surface area contributed by atoms with Crippen LogP contribution in [-0.2, 0) is 11.3 Å². The molecule has 0 bridgehead atoms. The fraction of sp³-hybridized carbons (Fsp3) is 0.333. The van der Waals surface area contributed by atoms with Crippen LogP contribution in [0.4, 0.5) is 0 Å². The largest absolute Gasteiger partial charge is 0.462 e. The zero-order chi connectivity index (χ0) is 13.8. The van der Waals surface area contributed by atoms with E-state index in [4.69, 9.17) is 4.74 Å². The van der Waals surface area contributed by atoms with Gasteiger partial charge in [0.1, 0.15) is 5.56 Å². The summed E-state index contributed by atoms with van der Waals surface area (Å²) in [5, 5.41) is 0.557. The van der Waals surface area contributed by atoms with Gasteiger partial charge in [0.25, 0.3) is 0 Å².